The van der Waals surface area contributed by atoms with Crippen LogP contribution in [0.25, 0.3) is 5.76 Å². The molecule has 0 radical (unpaired) electrons. The lowest BCUT2D eigenvalue weighted by molar-refractivity contribution is -0.132. The van der Waals surface area contributed by atoms with Crippen LogP contribution in [0.1, 0.15) is 24.1 Å². The number of anilines is 1. The highest BCUT2D eigenvalue weighted by Crippen LogP contribution is 2.44. The summed E-state index contributed by atoms with van der Waals surface area (Å²) < 4.78 is 34.3. The first-order valence-corrected chi connectivity index (χ1v) is 10.4. The fourth-order valence-electron chi connectivity index (χ4n) is 3.80. The van der Waals surface area contributed by atoms with E-state index in [9.17, 15) is 23.5 Å². The number of amides is 1. The van der Waals surface area contributed by atoms with Crippen molar-refractivity contribution in [1.82, 2.24) is 0 Å². The second-order valence-electron chi connectivity index (χ2n) is 7.25. The first kappa shape index (κ1) is 22.5. The number of Topliss-reactive ketones (excluding diaryl/α,β-unsaturated/α-hetero) is 1. The maximum absolute atomic E-state index is 14.9. The van der Waals surface area contributed by atoms with E-state index in [1.807, 2.05) is 0 Å². The maximum Gasteiger partial charge on any atom is 0.300 e. The van der Waals surface area contributed by atoms with Gasteiger partial charge < -0.3 is 9.84 Å². The monoisotopic (exact) mass is 469 g/mol. The van der Waals surface area contributed by atoms with Gasteiger partial charge in [0.05, 0.1) is 23.2 Å². The number of aliphatic hydroxyl groups is 1. The molecule has 8 heteroatoms. The van der Waals surface area contributed by atoms with Crippen molar-refractivity contribution in [3.8, 4) is 5.75 Å². The number of aliphatic hydroxyl groups excluding tert-OH is 1. The molecular weight excluding hydrogens is 452 g/mol. The minimum Gasteiger partial charge on any atom is -0.507 e. The molecule has 1 N–H and O–H groups in total. The number of carbonyl (C=O) groups is 2. The Bertz CT molecular complexity index is 1290. The van der Waals surface area contributed by atoms with Crippen LogP contribution in [0.15, 0.2) is 72.3 Å². The number of ketones is 1. The molecule has 1 fully saturated rings. The molecule has 3 aromatic carbocycles. The van der Waals surface area contributed by atoms with E-state index in [2.05, 4.69) is 0 Å². The molecule has 33 heavy (non-hydrogen) atoms. The third-order valence-electron chi connectivity index (χ3n) is 5.23. The average molecular weight is 470 g/mol. The molecule has 1 amide bonds. The molecule has 0 spiro atoms. The Morgan fingerprint density at radius 2 is 1.82 bits per heavy atom. The standard InChI is InChI=1S/C25H18ClF2NO4/c1-2-33-16-10-11-19(26)18(13-16)23(30)21-22(17-8-3-4-9-20(17)28)29(25(32)24(21)31)15-7-5-6-14(27)12-15/h3-13,22,30H,2H2,1H3/b23-21+. The highest BCUT2D eigenvalue weighted by molar-refractivity contribution is 6.52. The topological polar surface area (TPSA) is 66.8 Å². The molecule has 1 unspecified atom stereocenters. The first-order valence-electron chi connectivity index (χ1n) is 10.1. The lowest BCUT2D eigenvalue weighted by atomic mass is 9.94. The second kappa shape index (κ2) is 9.03. The van der Waals surface area contributed by atoms with E-state index in [1.165, 1.54) is 54.6 Å². The quantitative estimate of drug-likeness (QED) is 0.298. The summed E-state index contributed by atoms with van der Waals surface area (Å²) in [5.41, 5.74) is -0.329. The molecule has 1 aliphatic heterocycles. The van der Waals surface area contributed by atoms with Crippen LogP contribution in [-0.2, 0) is 9.59 Å². The molecule has 0 bridgehead atoms. The Balaban J connectivity index is 1.98. The number of nitrogens with zero attached hydrogens (tertiary/aromatic N) is 1. The Hall–Kier alpha value is -3.71. The summed E-state index contributed by atoms with van der Waals surface area (Å²) >= 11 is 6.27. The molecule has 0 aromatic heterocycles. The summed E-state index contributed by atoms with van der Waals surface area (Å²) in [5.74, 6) is -3.65. The van der Waals surface area contributed by atoms with Crippen molar-refractivity contribution in [1.29, 1.82) is 0 Å². The number of rotatable bonds is 5. The van der Waals surface area contributed by atoms with Crippen LogP contribution in [0, 0.1) is 11.6 Å². The second-order valence-corrected chi connectivity index (χ2v) is 7.65. The van der Waals surface area contributed by atoms with Crippen LogP contribution in [0.2, 0.25) is 5.02 Å². The summed E-state index contributed by atoms with van der Waals surface area (Å²) in [4.78, 5) is 27.1. The van der Waals surface area contributed by atoms with Crippen molar-refractivity contribution in [2.75, 3.05) is 11.5 Å². The normalized spacial score (nSPS) is 17.5. The van der Waals surface area contributed by atoms with Gasteiger partial charge in [0.15, 0.2) is 0 Å². The molecule has 3 aromatic rings. The van der Waals surface area contributed by atoms with Gasteiger partial charge in [0.1, 0.15) is 23.1 Å². The number of hydrogen-bond donors (Lipinski definition) is 1. The van der Waals surface area contributed by atoms with E-state index in [-0.39, 0.29) is 27.4 Å². The third kappa shape index (κ3) is 4.07. The van der Waals surface area contributed by atoms with Gasteiger partial charge in [-0.05, 0) is 49.4 Å². The number of halogens is 3. The average Bonchev–Trinajstić information content (AvgIpc) is 3.05. The van der Waals surface area contributed by atoms with Crippen molar-refractivity contribution < 1.29 is 28.2 Å². The SMILES string of the molecule is CCOc1ccc(Cl)c(/C(O)=C2\C(=O)C(=O)N(c3cccc(F)c3)C2c2ccccc2F)c1. The lowest BCUT2D eigenvalue weighted by Gasteiger charge is -2.25. The van der Waals surface area contributed by atoms with Crippen LogP contribution >= 0.6 is 11.6 Å². The lowest BCUT2D eigenvalue weighted by Crippen LogP contribution is -2.30. The highest BCUT2D eigenvalue weighted by atomic mass is 35.5. The molecule has 5 nitrogen and oxygen atoms in total. The Kier molecular flexibility index (Phi) is 6.16. The van der Waals surface area contributed by atoms with Crippen molar-refractivity contribution in [2.45, 2.75) is 13.0 Å². The molecule has 4 rings (SSSR count). The maximum atomic E-state index is 14.9. The van der Waals surface area contributed by atoms with Crippen molar-refractivity contribution in [3.63, 3.8) is 0 Å². The number of hydrogen-bond acceptors (Lipinski definition) is 4. The minimum absolute atomic E-state index is 0.0403. The van der Waals surface area contributed by atoms with Crippen LogP contribution < -0.4 is 9.64 Å². The molecule has 1 aliphatic rings. The van der Waals surface area contributed by atoms with Gasteiger partial charge in [-0.25, -0.2) is 8.78 Å². The molecule has 1 atom stereocenters. The zero-order valence-electron chi connectivity index (χ0n) is 17.4. The molecular formula is C25H18ClF2NO4. The van der Waals surface area contributed by atoms with E-state index < -0.39 is 35.1 Å². The van der Waals surface area contributed by atoms with E-state index in [1.54, 1.807) is 13.0 Å². The zero-order chi connectivity index (χ0) is 23.7. The van der Waals surface area contributed by atoms with E-state index in [4.69, 9.17) is 16.3 Å². The van der Waals surface area contributed by atoms with Gasteiger partial charge >= 0.3 is 0 Å². The first-order chi connectivity index (χ1) is 15.8. The molecule has 168 valence electrons. The fraction of sp³-hybridized carbons (Fsp3) is 0.120. The Morgan fingerprint density at radius 3 is 2.52 bits per heavy atom. The summed E-state index contributed by atoms with van der Waals surface area (Å²) in [7, 11) is 0. The van der Waals surface area contributed by atoms with Crippen molar-refractivity contribution in [2.24, 2.45) is 0 Å². The summed E-state index contributed by atoms with van der Waals surface area (Å²) in [5, 5.41) is 11.3. The van der Waals surface area contributed by atoms with Gasteiger partial charge in [-0.15, -0.1) is 0 Å². The minimum atomic E-state index is -1.35. The largest absolute Gasteiger partial charge is 0.507 e. The highest BCUT2D eigenvalue weighted by Gasteiger charge is 2.48. The van der Waals surface area contributed by atoms with Crippen molar-refractivity contribution >= 4 is 34.7 Å². The van der Waals surface area contributed by atoms with Gasteiger partial charge in [-0.3, -0.25) is 14.5 Å². The van der Waals surface area contributed by atoms with Gasteiger partial charge in [0.2, 0.25) is 0 Å². The Labute approximate surface area is 193 Å². The van der Waals surface area contributed by atoms with E-state index in [0.717, 1.165) is 11.0 Å². The summed E-state index contributed by atoms with van der Waals surface area (Å²) in [6.07, 6.45) is 0. The van der Waals surface area contributed by atoms with Crippen molar-refractivity contribution in [3.05, 3.63) is 100 Å². The zero-order valence-corrected chi connectivity index (χ0v) is 18.1. The summed E-state index contributed by atoms with van der Waals surface area (Å²) in [6.45, 7) is 2.12. The van der Waals surface area contributed by atoms with E-state index >= 15 is 0 Å². The number of ether oxygens (including phenoxy) is 1. The number of benzene rings is 3. The van der Waals surface area contributed by atoms with Gasteiger partial charge in [0, 0.05) is 16.8 Å². The van der Waals surface area contributed by atoms with Crippen LogP contribution in [0.3, 0.4) is 0 Å². The van der Waals surface area contributed by atoms with Crippen LogP contribution in [0.5, 0.6) is 5.75 Å². The predicted molar refractivity (Wildman–Crippen MR) is 120 cm³/mol. The molecule has 1 heterocycles. The van der Waals surface area contributed by atoms with Gasteiger partial charge in [0.25, 0.3) is 11.7 Å². The Morgan fingerprint density at radius 1 is 1.06 bits per heavy atom. The van der Waals surface area contributed by atoms with E-state index in [0.29, 0.717) is 12.4 Å². The fourth-order valence-corrected chi connectivity index (χ4v) is 4.01. The van der Waals surface area contributed by atoms with Gasteiger partial charge in [-0.1, -0.05) is 35.9 Å². The summed E-state index contributed by atoms with van der Waals surface area (Å²) in [6, 6.07) is 13.7. The van der Waals surface area contributed by atoms with Crippen LogP contribution in [0.4, 0.5) is 14.5 Å². The van der Waals surface area contributed by atoms with Gasteiger partial charge in [-0.2, -0.15) is 0 Å². The smallest absolute Gasteiger partial charge is 0.300 e. The molecule has 0 aliphatic carbocycles. The third-order valence-corrected chi connectivity index (χ3v) is 5.56. The predicted octanol–water partition coefficient (Wildman–Crippen LogP) is 5.64. The van der Waals surface area contributed by atoms with Crippen LogP contribution in [-0.4, -0.2) is 23.4 Å². The number of carbonyl (C=O) groups excluding carboxylic acids is 2. The molecule has 0 saturated carbocycles. The molecule has 1 saturated heterocycles.